The van der Waals surface area contributed by atoms with Crippen LogP contribution in [0.5, 0.6) is 0 Å². The third-order valence-electron chi connectivity index (χ3n) is 2.62. The van der Waals surface area contributed by atoms with E-state index in [0.29, 0.717) is 9.75 Å². The molecule has 0 aliphatic carbocycles. The van der Waals surface area contributed by atoms with Gasteiger partial charge in [0.05, 0.1) is 16.8 Å². The molecule has 0 unspecified atom stereocenters. The third-order valence-corrected chi connectivity index (χ3v) is 5.89. The number of aliphatic hydroxyl groups excluding tert-OH is 1. The second-order valence-electron chi connectivity index (χ2n) is 4.14. The molecule has 114 valence electrons. The van der Waals surface area contributed by atoms with E-state index in [2.05, 4.69) is 15.9 Å². The van der Waals surface area contributed by atoms with Crippen LogP contribution in [-0.4, -0.2) is 13.5 Å². The molecule has 2 aromatic rings. The Hall–Kier alpha value is -1.03. The van der Waals surface area contributed by atoms with Crippen molar-refractivity contribution in [2.75, 3.05) is 4.72 Å². The molecule has 0 fully saturated rings. The Morgan fingerprint density at radius 2 is 1.95 bits per heavy atom. The Morgan fingerprint density at radius 1 is 1.29 bits per heavy atom. The zero-order chi connectivity index (χ0) is 15.8. The number of sulfonamides is 1. The van der Waals surface area contributed by atoms with Crippen LogP contribution in [0.3, 0.4) is 0 Å². The Bertz CT molecular complexity index is 790. The van der Waals surface area contributed by atoms with Gasteiger partial charge in [-0.05, 0) is 35.0 Å². The smallest absolute Gasteiger partial charge is 0.263 e. The maximum Gasteiger partial charge on any atom is 0.263 e. The van der Waals surface area contributed by atoms with E-state index in [9.17, 15) is 17.2 Å². The van der Waals surface area contributed by atoms with Gasteiger partial charge in [-0.1, -0.05) is 0 Å². The van der Waals surface area contributed by atoms with E-state index in [-0.39, 0.29) is 16.0 Å². The molecule has 1 aromatic carbocycles. The number of aryl methyl sites for hydroxylation is 1. The van der Waals surface area contributed by atoms with Gasteiger partial charge in [-0.15, -0.1) is 11.3 Å². The molecule has 2 rings (SSSR count). The summed E-state index contributed by atoms with van der Waals surface area (Å²) in [7, 11) is -4.06. The highest BCUT2D eigenvalue weighted by Gasteiger charge is 2.22. The second-order valence-corrected chi connectivity index (χ2v) is 7.99. The van der Waals surface area contributed by atoms with Crippen molar-refractivity contribution in [2.24, 2.45) is 0 Å². The monoisotopic (exact) mass is 397 g/mol. The Morgan fingerprint density at radius 3 is 2.52 bits per heavy atom. The Kier molecular flexibility index (Phi) is 4.66. The van der Waals surface area contributed by atoms with Gasteiger partial charge in [0.15, 0.2) is 0 Å². The zero-order valence-corrected chi connectivity index (χ0v) is 13.9. The number of benzene rings is 1. The van der Waals surface area contributed by atoms with Crippen molar-refractivity contribution in [3.05, 3.63) is 44.1 Å². The summed E-state index contributed by atoms with van der Waals surface area (Å²) in [5.41, 5.74) is -0.480. The van der Waals surface area contributed by atoms with Crippen molar-refractivity contribution in [2.45, 2.75) is 18.4 Å². The molecule has 1 aromatic heterocycles. The van der Waals surface area contributed by atoms with E-state index in [1.54, 1.807) is 6.92 Å². The van der Waals surface area contributed by atoms with Crippen LogP contribution < -0.4 is 4.72 Å². The lowest BCUT2D eigenvalue weighted by molar-refractivity contribution is 0.285. The van der Waals surface area contributed by atoms with Crippen LogP contribution in [0.25, 0.3) is 0 Å². The molecular formula is C12H10BrF2NO3S2. The van der Waals surface area contributed by atoms with E-state index in [1.807, 2.05) is 4.72 Å². The van der Waals surface area contributed by atoms with E-state index in [4.69, 9.17) is 5.11 Å². The lowest BCUT2D eigenvalue weighted by atomic mass is 10.3. The summed E-state index contributed by atoms with van der Waals surface area (Å²) in [5, 5.41) is 9.02. The van der Waals surface area contributed by atoms with Crippen molar-refractivity contribution < 1.29 is 22.3 Å². The number of hydrogen-bond acceptors (Lipinski definition) is 4. The minimum atomic E-state index is -4.06. The van der Waals surface area contributed by atoms with Crippen molar-refractivity contribution in [1.29, 1.82) is 0 Å². The maximum atomic E-state index is 13.7. The first-order chi connectivity index (χ1) is 9.74. The minimum absolute atomic E-state index is 0.0701. The molecule has 0 radical (unpaired) electrons. The van der Waals surface area contributed by atoms with Gasteiger partial charge in [0.25, 0.3) is 10.0 Å². The number of thiophene rings is 1. The van der Waals surface area contributed by atoms with Gasteiger partial charge in [0, 0.05) is 15.8 Å². The summed E-state index contributed by atoms with van der Waals surface area (Å²) in [6, 6.07) is 2.90. The highest BCUT2D eigenvalue weighted by molar-refractivity contribution is 9.10. The summed E-state index contributed by atoms with van der Waals surface area (Å²) < 4.78 is 53.4. The lowest BCUT2D eigenvalue weighted by Crippen LogP contribution is -2.14. The van der Waals surface area contributed by atoms with E-state index >= 15 is 0 Å². The average molecular weight is 398 g/mol. The SMILES string of the molecule is Cc1sc(CO)cc1S(=O)(=O)Nc1cc(F)c(Br)cc1F. The van der Waals surface area contributed by atoms with Crippen LogP contribution in [0, 0.1) is 18.6 Å². The lowest BCUT2D eigenvalue weighted by Gasteiger charge is -2.09. The van der Waals surface area contributed by atoms with Crippen LogP contribution >= 0.6 is 27.3 Å². The largest absolute Gasteiger partial charge is 0.391 e. The van der Waals surface area contributed by atoms with Crippen LogP contribution in [-0.2, 0) is 16.6 Å². The van der Waals surface area contributed by atoms with Crippen molar-refractivity contribution >= 4 is 43.0 Å². The fraction of sp³-hybridized carbons (Fsp3) is 0.167. The molecule has 21 heavy (non-hydrogen) atoms. The standard InChI is InChI=1S/C12H10BrF2NO3S2/c1-6-12(2-7(5-17)20-6)21(18,19)16-11-4-9(14)8(13)3-10(11)15/h2-4,16-17H,5H2,1H3. The van der Waals surface area contributed by atoms with Crippen molar-refractivity contribution in [3.8, 4) is 0 Å². The molecule has 0 spiro atoms. The predicted octanol–water partition coefficient (Wildman–Crippen LogP) is 3.39. The molecule has 0 bridgehead atoms. The molecule has 4 nitrogen and oxygen atoms in total. The number of halogens is 3. The van der Waals surface area contributed by atoms with Crippen molar-refractivity contribution in [1.82, 2.24) is 0 Å². The average Bonchev–Trinajstić information content (AvgIpc) is 2.78. The van der Waals surface area contributed by atoms with Gasteiger partial charge < -0.3 is 5.11 Å². The van der Waals surface area contributed by atoms with Crippen LogP contribution in [0.4, 0.5) is 14.5 Å². The maximum absolute atomic E-state index is 13.7. The number of aliphatic hydroxyl groups is 1. The fourth-order valence-electron chi connectivity index (χ4n) is 1.67. The molecular weight excluding hydrogens is 388 g/mol. The fourth-order valence-corrected chi connectivity index (χ4v) is 4.54. The van der Waals surface area contributed by atoms with Gasteiger partial charge in [-0.2, -0.15) is 0 Å². The first-order valence-corrected chi connectivity index (χ1v) is 8.71. The van der Waals surface area contributed by atoms with Gasteiger partial charge in [-0.25, -0.2) is 17.2 Å². The van der Waals surface area contributed by atoms with Gasteiger partial charge in [0.1, 0.15) is 16.5 Å². The molecule has 1 heterocycles. The summed E-state index contributed by atoms with van der Waals surface area (Å²) in [5.74, 6) is -1.69. The number of hydrogen-bond donors (Lipinski definition) is 2. The quantitative estimate of drug-likeness (QED) is 0.776. The van der Waals surface area contributed by atoms with E-state index < -0.39 is 27.3 Å². The zero-order valence-electron chi connectivity index (χ0n) is 10.7. The first-order valence-electron chi connectivity index (χ1n) is 5.62. The number of nitrogens with one attached hydrogen (secondary N) is 1. The molecule has 0 aliphatic rings. The molecule has 0 saturated heterocycles. The molecule has 9 heteroatoms. The first kappa shape index (κ1) is 16.3. The number of anilines is 1. The summed E-state index contributed by atoms with van der Waals surface area (Å²) in [6.45, 7) is 1.28. The van der Waals surface area contributed by atoms with Gasteiger partial charge >= 0.3 is 0 Å². The van der Waals surface area contributed by atoms with Crippen molar-refractivity contribution in [3.63, 3.8) is 0 Å². The van der Waals surface area contributed by atoms with Crippen LogP contribution in [0.15, 0.2) is 27.6 Å². The predicted molar refractivity (Wildman–Crippen MR) is 79.8 cm³/mol. The molecule has 0 amide bonds. The topological polar surface area (TPSA) is 66.4 Å². The number of rotatable bonds is 4. The van der Waals surface area contributed by atoms with Gasteiger partial charge in [-0.3, -0.25) is 4.72 Å². The molecule has 2 N–H and O–H groups in total. The normalized spacial score (nSPS) is 11.7. The third kappa shape index (κ3) is 3.42. The van der Waals surface area contributed by atoms with E-state index in [0.717, 1.165) is 23.5 Å². The second kappa shape index (κ2) is 5.99. The minimum Gasteiger partial charge on any atom is -0.391 e. The Balaban J connectivity index is 2.42. The highest BCUT2D eigenvalue weighted by Crippen LogP contribution is 2.29. The van der Waals surface area contributed by atoms with Crippen LogP contribution in [0.2, 0.25) is 0 Å². The van der Waals surface area contributed by atoms with Gasteiger partial charge in [0.2, 0.25) is 0 Å². The molecule has 0 aliphatic heterocycles. The molecule has 0 saturated carbocycles. The van der Waals surface area contributed by atoms with E-state index in [1.165, 1.54) is 6.07 Å². The highest BCUT2D eigenvalue weighted by atomic mass is 79.9. The van der Waals surface area contributed by atoms with Crippen LogP contribution in [0.1, 0.15) is 9.75 Å². The summed E-state index contributed by atoms with van der Waals surface area (Å²) >= 11 is 3.93. The Labute approximate surface area is 132 Å². The summed E-state index contributed by atoms with van der Waals surface area (Å²) in [4.78, 5) is 0.846. The molecule has 0 atom stereocenters. The summed E-state index contributed by atoms with van der Waals surface area (Å²) in [6.07, 6.45) is 0.